The van der Waals surface area contributed by atoms with Crippen LogP contribution in [0.3, 0.4) is 0 Å². The van der Waals surface area contributed by atoms with E-state index in [0.717, 1.165) is 29.8 Å². The lowest BCUT2D eigenvalue weighted by Crippen LogP contribution is -2.44. The largest absolute Gasteiger partial charge is 0.352 e. The van der Waals surface area contributed by atoms with Crippen LogP contribution in [-0.2, 0) is 0 Å². The Hall–Kier alpha value is -2.92. The molecule has 0 radical (unpaired) electrons. The van der Waals surface area contributed by atoms with Gasteiger partial charge in [-0.3, -0.25) is 0 Å². The highest BCUT2D eigenvalue weighted by Gasteiger charge is 2.31. The molecule has 1 aromatic heterocycles. The number of benzene rings is 2. The fourth-order valence-corrected chi connectivity index (χ4v) is 4.42. The molecule has 0 amide bonds. The van der Waals surface area contributed by atoms with Gasteiger partial charge >= 0.3 is 0 Å². The van der Waals surface area contributed by atoms with E-state index in [1.54, 1.807) is 0 Å². The topological polar surface area (TPSA) is 41.9 Å². The summed E-state index contributed by atoms with van der Waals surface area (Å²) in [7, 11) is 0. The van der Waals surface area contributed by atoms with E-state index in [4.69, 9.17) is 17.3 Å². The van der Waals surface area contributed by atoms with Gasteiger partial charge in [-0.2, -0.15) is 5.10 Å². The molecular formula is C23H22N4S. The van der Waals surface area contributed by atoms with Gasteiger partial charge in [0, 0.05) is 23.0 Å². The minimum atomic E-state index is 0.0664. The molecule has 4 nitrogen and oxygen atoms in total. The number of hydrogen-bond acceptors (Lipinski definition) is 2. The van der Waals surface area contributed by atoms with Gasteiger partial charge in [0.25, 0.3) is 0 Å². The smallest absolute Gasteiger partial charge is 0.171 e. The number of nitrogens with one attached hydrogen (secondary N) is 2. The lowest BCUT2D eigenvalue weighted by atomic mass is 9.86. The van der Waals surface area contributed by atoms with Gasteiger partial charge < -0.3 is 10.6 Å². The van der Waals surface area contributed by atoms with E-state index in [-0.39, 0.29) is 6.04 Å². The van der Waals surface area contributed by atoms with Crippen LogP contribution in [0.5, 0.6) is 0 Å². The van der Waals surface area contributed by atoms with E-state index in [1.807, 2.05) is 28.9 Å². The summed E-state index contributed by atoms with van der Waals surface area (Å²) in [5, 5.41) is 12.6. The highest BCUT2D eigenvalue weighted by molar-refractivity contribution is 7.80. The van der Waals surface area contributed by atoms with E-state index in [2.05, 4.69) is 53.2 Å². The second-order valence-electron chi connectivity index (χ2n) is 7.32. The lowest BCUT2D eigenvalue weighted by molar-refractivity contribution is 0.561. The SMILES string of the molecule is S=C1NC2=C(CCCC2)C(c2cn(-c3ccccc3)nc2-c2ccccc2)N1. The van der Waals surface area contributed by atoms with Gasteiger partial charge in [0.2, 0.25) is 0 Å². The van der Waals surface area contributed by atoms with Crippen molar-refractivity contribution in [1.29, 1.82) is 0 Å². The number of thiocarbonyl (C=S) groups is 1. The van der Waals surface area contributed by atoms with Gasteiger partial charge in [0.15, 0.2) is 5.11 Å². The van der Waals surface area contributed by atoms with Crippen molar-refractivity contribution in [2.75, 3.05) is 0 Å². The molecular weight excluding hydrogens is 364 g/mol. The molecule has 0 saturated carbocycles. The normalized spacial score (nSPS) is 19.0. The third-order valence-electron chi connectivity index (χ3n) is 5.52. The van der Waals surface area contributed by atoms with Crippen LogP contribution in [0.25, 0.3) is 16.9 Å². The highest BCUT2D eigenvalue weighted by Crippen LogP contribution is 2.39. The Morgan fingerprint density at radius 2 is 1.64 bits per heavy atom. The molecule has 140 valence electrons. The predicted molar refractivity (Wildman–Crippen MR) is 116 cm³/mol. The molecule has 3 aromatic rings. The summed E-state index contributed by atoms with van der Waals surface area (Å²) in [6.07, 6.45) is 6.76. The minimum Gasteiger partial charge on any atom is -0.352 e. The summed E-state index contributed by atoms with van der Waals surface area (Å²) in [4.78, 5) is 0. The highest BCUT2D eigenvalue weighted by atomic mass is 32.1. The van der Waals surface area contributed by atoms with Crippen molar-refractivity contribution in [3.05, 3.63) is 83.7 Å². The Balaban J connectivity index is 1.67. The summed E-state index contributed by atoms with van der Waals surface area (Å²) >= 11 is 5.53. The van der Waals surface area contributed by atoms with Crippen LogP contribution in [0.1, 0.15) is 37.3 Å². The van der Waals surface area contributed by atoms with Crippen molar-refractivity contribution >= 4 is 17.3 Å². The molecule has 2 heterocycles. The Morgan fingerprint density at radius 3 is 2.43 bits per heavy atom. The summed E-state index contributed by atoms with van der Waals surface area (Å²) < 4.78 is 1.98. The third-order valence-corrected chi connectivity index (χ3v) is 5.74. The van der Waals surface area contributed by atoms with Gasteiger partial charge in [-0.1, -0.05) is 48.5 Å². The van der Waals surface area contributed by atoms with Gasteiger partial charge in [0.1, 0.15) is 0 Å². The Bertz CT molecular complexity index is 1040. The summed E-state index contributed by atoms with van der Waals surface area (Å²) in [5.41, 5.74) is 7.07. The number of nitrogens with zero attached hydrogens (tertiary/aromatic N) is 2. The van der Waals surface area contributed by atoms with Crippen LogP contribution in [0.15, 0.2) is 78.1 Å². The van der Waals surface area contributed by atoms with Gasteiger partial charge in [-0.05, 0) is 55.6 Å². The van der Waals surface area contributed by atoms with E-state index < -0.39 is 0 Å². The molecule has 5 heteroatoms. The number of allylic oxidation sites excluding steroid dienone is 1. The maximum absolute atomic E-state index is 5.53. The van der Waals surface area contributed by atoms with Crippen LogP contribution < -0.4 is 10.6 Å². The second-order valence-corrected chi connectivity index (χ2v) is 7.73. The average Bonchev–Trinajstić information content (AvgIpc) is 3.20. The molecule has 28 heavy (non-hydrogen) atoms. The fourth-order valence-electron chi connectivity index (χ4n) is 4.18. The van der Waals surface area contributed by atoms with Gasteiger partial charge in [0.05, 0.1) is 17.4 Å². The van der Waals surface area contributed by atoms with Crippen molar-refractivity contribution in [2.24, 2.45) is 0 Å². The molecule has 1 unspecified atom stereocenters. The number of rotatable bonds is 3. The molecule has 0 bridgehead atoms. The van der Waals surface area contributed by atoms with Gasteiger partial charge in [-0.15, -0.1) is 0 Å². The monoisotopic (exact) mass is 386 g/mol. The molecule has 5 rings (SSSR count). The third kappa shape index (κ3) is 3.12. The molecule has 2 aromatic carbocycles. The molecule has 1 aliphatic heterocycles. The lowest BCUT2D eigenvalue weighted by Gasteiger charge is -2.34. The van der Waals surface area contributed by atoms with Crippen molar-refractivity contribution in [2.45, 2.75) is 31.7 Å². The van der Waals surface area contributed by atoms with E-state index in [9.17, 15) is 0 Å². The predicted octanol–water partition coefficient (Wildman–Crippen LogP) is 4.89. The van der Waals surface area contributed by atoms with Crippen LogP contribution in [0, 0.1) is 0 Å². The zero-order valence-electron chi connectivity index (χ0n) is 15.6. The van der Waals surface area contributed by atoms with Crippen LogP contribution in [0.4, 0.5) is 0 Å². The van der Waals surface area contributed by atoms with Crippen LogP contribution in [0.2, 0.25) is 0 Å². The molecule has 2 aliphatic rings. The van der Waals surface area contributed by atoms with E-state index in [0.29, 0.717) is 5.11 Å². The van der Waals surface area contributed by atoms with Crippen molar-refractivity contribution in [3.8, 4) is 16.9 Å². The van der Waals surface area contributed by atoms with Gasteiger partial charge in [-0.25, -0.2) is 4.68 Å². The first-order valence-corrected chi connectivity index (χ1v) is 10.2. The van der Waals surface area contributed by atoms with E-state index >= 15 is 0 Å². The number of hydrogen-bond donors (Lipinski definition) is 2. The zero-order chi connectivity index (χ0) is 18.9. The maximum atomic E-state index is 5.53. The maximum Gasteiger partial charge on any atom is 0.171 e. The Morgan fingerprint density at radius 1 is 0.929 bits per heavy atom. The molecule has 0 saturated heterocycles. The quantitative estimate of drug-likeness (QED) is 0.629. The number of aromatic nitrogens is 2. The minimum absolute atomic E-state index is 0.0664. The number of para-hydroxylation sites is 1. The molecule has 0 spiro atoms. The van der Waals surface area contributed by atoms with Crippen LogP contribution >= 0.6 is 12.2 Å². The second kappa shape index (κ2) is 7.24. The first-order valence-electron chi connectivity index (χ1n) is 9.79. The summed E-state index contributed by atoms with van der Waals surface area (Å²) in [5.74, 6) is 0. The average molecular weight is 387 g/mol. The zero-order valence-corrected chi connectivity index (χ0v) is 16.4. The first-order chi connectivity index (χ1) is 13.8. The molecule has 2 N–H and O–H groups in total. The van der Waals surface area contributed by atoms with Crippen molar-refractivity contribution in [1.82, 2.24) is 20.4 Å². The first kappa shape index (κ1) is 17.2. The summed E-state index contributed by atoms with van der Waals surface area (Å²) in [6, 6.07) is 20.7. The Labute approximate surface area is 170 Å². The summed E-state index contributed by atoms with van der Waals surface area (Å²) in [6.45, 7) is 0. The Kier molecular flexibility index (Phi) is 4.45. The van der Waals surface area contributed by atoms with Crippen molar-refractivity contribution < 1.29 is 0 Å². The van der Waals surface area contributed by atoms with Crippen LogP contribution in [-0.4, -0.2) is 14.9 Å². The standard InChI is InChI=1S/C23H22N4S/c28-23-24-20-14-8-7-13-18(20)22(25-23)19-15-27(17-11-5-2-6-12-17)26-21(19)16-9-3-1-4-10-16/h1-6,9-12,15,22H,7-8,13-14H2,(H2,24,25,28). The van der Waals surface area contributed by atoms with Crippen molar-refractivity contribution in [3.63, 3.8) is 0 Å². The molecule has 1 aliphatic carbocycles. The molecule has 1 atom stereocenters. The van der Waals surface area contributed by atoms with E-state index in [1.165, 1.54) is 29.7 Å². The fraction of sp³-hybridized carbons (Fsp3) is 0.217. The molecule has 0 fully saturated rings.